The Morgan fingerprint density at radius 3 is 2.25 bits per heavy atom. The van der Waals surface area contributed by atoms with E-state index in [4.69, 9.17) is 0 Å². The van der Waals surface area contributed by atoms with Crippen LogP contribution < -0.4 is 5.32 Å². The predicted molar refractivity (Wildman–Crippen MR) is 129 cm³/mol. The molecule has 0 saturated carbocycles. The van der Waals surface area contributed by atoms with Gasteiger partial charge in [-0.2, -0.15) is 5.10 Å². The van der Waals surface area contributed by atoms with Crippen LogP contribution in [0.2, 0.25) is 0 Å². The van der Waals surface area contributed by atoms with Crippen LogP contribution in [0.15, 0.2) is 97.5 Å². The normalized spacial score (nSPS) is 11.2. The third-order valence-electron chi connectivity index (χ3n) is 5.74. The maximum absolute atomic E-state index is 4.58. The second-order valence-corrected chi connectivity index (χ2v) is 7.94. The van der Waals surface area contributed by atoms with E-state index >= 15 is 0 Å². The number of nitrogens with zero attached hydrogens (tertiary/aromatic N) is 4. The van der Waals surface area contributed by atoms with Gasteiger partial charge in [0.2, 0.25) is 0 Å². The number of rotatable bonds is 7. The van der Waals surface area contributed by atoms with E-state index in [1.165, 1.54) is 16.7 Å². The molecule has 1 N–H and O–H groups in total. The number of anilines is 1. The molecule has 0 aliphatic carbocycles. The number of aromatic nitrogens is 4. The van der Waals surface area contributed by atoms with Crippen molar-refractivity contribution >= 4 is 16.9 Å². The fourth-order valence-electron chi connectivity index (χ4n) is 4.17. The lowest BCUT2D eigenvalue weighted by Crippen LogP contribution is -2.10. The van der Waals surface area contributed by atoms with E-state index < -0.39 is 0 Å². The molecule has 0 aliphatic heterocycles. The Kier molecular flexibility index (Phi) is 5.62. The average molecular weight is 420 g/mol. The van der Waals surface area contributed by atoms with Crippen LogP contribution in [0.1, 0.15) is 29.0 Å². The van der Waals surface area contributed by atoms with E-state index in [9.17, 15) is 0 Å². The summed E-state index contributed by atoms with van der Waals surface area (Å²) in [4.78, 5) is 8.99. The van der Waals surface area contributed by atoms with Gasteiger partial charge in [-0.15, -0.1) is 0 Å². The molecule has 3 aromatic carbocycles. The minimum absolute atomic E-state index is 0.317. The van der Waals surface area contributed by atoms with Gasteiger partial charge in [0, 0.05) is 12.5 Å². The molecule has 158 valence electrons. The molecule has 5 aromatic rings. The van der Waals surface area contributed by atoms with Gasteiger partial charge in [-0.25, -0.2) is 14.6 Å². The van der Waals surface area contributed by atoms with Crippen LogP contribution in [0.4, 0.5) is 5.82 Å². The highest BCUT2D eigenvalue weighted by Crippen LogP contribution is 2.28. The van der Waals surface area contributed by atoms with Gasteiger partial charge in [0.15, 0.2) is 5.65 Å². The quantitative estimate of drug-likeness (QED) is 0.364. The summed E-state index contributed by atoms with van der Waals surface area (Å²) in [5, 5.41) is 9.03. The highest BCUT2D eigenvalue weighted by molar-refractivity contribution is 5.87. The largest absolute Gasteiger partial charge is 0.369 e. The molecule has 32 heavy (non-hydrogen) atoms. The van der Waals surface area contributed by atoms with Crippen molar-refractivity contribution in [3.8, 4) is 5.69 Å². The van der Waals surface area contributed by atoms with Crippen LogP contribution in [0.5, 0.6) is 0 Å². The molecule has 2 aromatic heterocycles. The first kappa shape index (κ1) is 19.9. The minimum Gasteiger partial charge on any atom is -0.369 e. The molecule has 0 bridgehead atoms. The Morgan fingerprint density at radius 2 is 1.56 bits per heavy atom. The summed E-state index contributed by atoms with van der Waals surface area (Å²) in [6.45, 7) is 2.86. The molecule has 0 aliphatic rings. The summed E-state index contributed by atoms with van der Waals surface area (Å²) in [7, 11) is 0. The number of aryl methyl sites for hydroxylation is 1. The van der Waals surface area contributed by atoms with Crippen molar-refractivity contribution in [2.45, 2.75) is 19.3 Å². The lowest BCUT2D eigenvalue weighted by atomic mass is 9.88. The SMILES string of the molecule is Cc1cccc(-n2ncc3c(NCCC(c4ccccc4)c4ccccc4)ncnc32)c1. The van der Waals surface area contributed by atoms with Crippen LogP contribution >= 0.6 is 0 Å². The van der Waals surface area contributed by atoms with Gasteiger partial charge in [-0.1, -0.05) is 72.8 Å². The van der Waals surface area contributed by atoms with Crippen molar-refractivity contribution in [2.75, 3.05) is 11.9 Å². The summed E-state index contributed by atoms with van der Waals surface area (Å²) in [5.74, 6) is 1.13. The molecule has 0 atom stereocenters. The van der Waals surface area contributed by atoms with E-state index in [1.807, 2.05) is 23.0 Å². The molecule has 0 amide bonds. The molecule has 5 rings (SSSR count). The third-order valence-corrected chi connectivity index (χ3v) is 5.74. The Labute approximate surface area is 187 Å². The van der Waals surface area contributed by atoms with Crippen LogP contribution in [0.25, 0.3) is 16.7 Å². The van der Waals surface area contributed by atoms with Crippen LogP contribution in [0.3, 0.4) is 0 Å². The summed E-state index contributed by atoms with van der Waals surface area (Å²) in [5.41, 5.74) is 5.63. The molecule has 5 heteroatoms. The molecule has 2 heterocycles. The van der Waals surface area contributed by atoms with Crippen molar-refractivity contribution in [3.05, 3.63) is 114 Å². The zero-order valence-corrected chi connectivity index (χ0v) is 18.0. The minimum atomic E-state index is 0.317. The molecular weight excluding hydrogens is 394 g/mol. The molecule has 0 saturated heterocycles. The second-order valence-electron chi connectivity index (χ2n) is 7.94. The average Bonchev–Trinajstić information content (AvgIpc) is 3.28. The zero-order valence-electron chi connectivity index (χ0n) is 18.0. The van der Waals surface area contributed by atoms with E-state index in [2.05, 4.69) is 100 Å². The van der Waals surface area contributed by atoms with Gasteiger partial charge >= 0.3 is 0 Å². The summed E-state index contributed by atoms with van der Waals surface area (Å²) in [6.07, 6.45) is 4.39. The molecule has 0 spiro atoms. The third kappa shape index (κ3) is 4.10. The van der Waals surface area contributed by atoms with Crippen molar-refractivity contribution in [1.82, 2.24) is 19.7 Å². The first-order chi connectivity index (χ1) is 15.8. The second kappa shape index (κ2) is 9.02. The van der Waals surface area contributed by atoms with Crippen molar-refractivity contribution in [1.29, 1.82) is 0 Å². The van der Waals surface area contributed by atoms with Gasteiger partial charge in [0.1, 0.15) is 12.1 Å². The number of nitrogens with one attached hydrogen (secondary N) is 1. The fourth-order valence-corrected chi connectivity index (χ4v) is 4.17. The molecule has 5 nitrogen and oxygen atoms in total. The number of fused-ring (bicyclic) bond motifs is 1. The molecule has 0 radical (unpaired) electrons. The molecular formula is C27H25N5. The Bertz CT molecular complexity index is 1270. The topological polar surface area (TPSA) is 55.6 Å². The highest BCUT2D eigenvalue weighted by atomic mass is 15.3. The van der Waals surface area contributed by atoms with Crippen molar-refractivity contribution in [3.63, 3.8) is 0 Å². The van der Waals surface area contributed by atoms with Crippen molar-refractivity contribution in [2.24, 2.45) is 0 Å². The van der Waals surface area contributed by atoms with E-state index in [0.29, 0.717) is 5.92 Å². The fraction of sp³-hybridized carbons (Fsp3) is 0.148. The van der Waals surface area contributed by atoms with Gasteiger partial charge in [0.05, 0.1) is 17.3 Å². The number of benzene rings is 3. The lowest BCUT2D eigenvalue weighted by molar-refractivity contribution is 0.743. The Balaban J connectivity index is 1.38. The van der Waals surface area contributed by atoms with Crippen LogP contribution in [-0.4, -0.2) is 26.3 Å². The first-order valence-electron chi connectivity index (χ1n) is 10.9. The van der Waals surface area contributed by atoms with Gasteiger partial charge in [-0.3, -0.25) is 0 Å². The standard InChI is InChI=1S/C27H25N5/c1-20-9-8-14-23(17-20)32-27-25(18-31-32)26(29-19-30-27)28-16-15-24(21-10-4-2-5-11-21)22-12-6-3-7-13-22/h2-14,17-19,24H,15-16H2,1H3,(H,28,29,30). The monoisotopic (exact) mass is 419 g/mol. The van der Waals surface area contributed by atoms with E-state index in [0.717, 1.165) is 35.5 Å². The summed E-state index contributed by atoms with van der Waals surface area (Å²) in [6, 6.07) is 29.6. The highest BCUT2D eigenvalue weighted by Gasteiger charge is 2.15. The van der Waals surface area contributed by atoms with Gasteiger partial charge < -0.3 is 5.32 Å². The summed E-state index contributed by atoms with van der Waals surface area (Å²) < 4.78 is 1.87. The van der Waals surface area contributed by atoms with Gasteiger partial charge in [-0.05, 0) is 42.2 Å². The maximum Gasteiger partial charge on any atom is 0.168 e. The molecule has 0 fully saturated rings. The van der Waals surface area contributed by atoms with E-state index in [-0.39, 0.29) is 0 Å². The summed E-state index contributed by atoms with van der Waals surface area (Å²) >= 11 is 0. The van der Waals surface area contributed by atoms with Gasteiger partial charge in [0.25, 0.3) is 0 Å². The van der Waals surface area contributed by atoms with E-state index in [1.54, 1.807) is 6.33 Å². The number of hydrogen-bond acceptors (Lipinski definition) is 4. The predicted octanol–water partition coefficient (Wildman–Crippen LogP) is 5.76. The molecule has 0 unspecified atom stereocenters. The zero-order chi connectivity index (χ0) is 21.8. The first-order valence-corrected chi connectivity index (χ1v) is 10.9. The Morgan fingerprint density at radius 1 is 0.844 bits per heavy atom. The Hall–Kier alpha value is -3.99. The maximum atomic E-state index is 4.58. The smallest absolute Gasteiger partial charge is 0.168 e. The lowest BCUT2D eigenvalue weighted by Gasteiger charge is -2.18. The number of hydrogen-bond donors (Lipinski definition) is 1. The van der Waals surface area contributed by atoms with Crippen molar-refractivity contribution < 1.29 is 0 Å². The van der Waals surface area contributed by atoms with Crippen LogP contribution in [0, 0.1) is 6.92 Å². The van der Waals surface area contributed by atoms with Crippen LogP contribution in [-0.2, 0) is 0 Å².